The average molecular weight is 565 g/mol. The highest BCUT2D eigenvalue weighted by atomic mass is 35.7. The zero-order chi connectivity index (χ0) is 29.4. The maximum absolute atomic E-state index is 11.1. The molecule has 1 N–H and O–H groups in total. The molecule has 4 rings (SSSR count). The van der Waals surface area contributed by atoms with Crippen LogP contribution in [0, 0.1) is 10.2 Å². The molecule has 0 saturated heterocycles. The Hall–Kier alpha value is -4.25. The number of aromatic carboxylic acids is 1. The second-order valence-electron chi connectivity index (χ2n) is 9.13. The van der Waals surface area contributed by atoms with Crippen LogP contribution in [0.1, 0.15) is 21.7 Å². The summed E-state index contributed by atoms with van der Waals surface area (Å²) in [5.74, 6) is 0.534. The average Bonchev–Trinajstić information content (AvgIpc) is 2.91. The van der Waals surface area contributed by atoms with Crippen molar-refractivity contribution in [2.45, 2.75) is 0 Å². The van der Waals surface area contributed by atoms with Crippen LogP contribution in [0.4, 0.5) is 11.4 Å². The molecule has 3 aromatic carbocycles. The van der Waals surface area contributed by atoms with E-state index >= 15 is 0 Å². The predicted molar refractivity (Wildman–Crippen MR) is 145 cm³/mol. The Morgan fingerprint density at radius 3 is 1.62 bits per heavy atom. The van der Waals surface area contributed by atoms with E-state index < -0.39 is 16.2 Å². The molecule has 0 atom stereocenters. The number of rotatable bonds is 7. The molecule has 0 aliphatic rings. The molecule has 0 fully saturated rings. The molecule has 0 radical (unpaired) electrons. The maximum atomic E-state index is 11.1. The molecule has 0 bridgehead atoms. The van der Waals surface area contributed by atoms with E-state index in [1.165, 1.54) is 0 Å². The van der Waals surface area contributed by atoms with E-state index in [1.807, 2.05) is 46.4 Å². The Morgan fingerprint density at radius 1 is 0.700 bits per heavy atom. The molecular weight excluding hydrogens is 536 g/mol. The van der Waals surface area contributed by atoms with Crippen LogP contribution in [0.15, 0.2) is 89.3 Å². The Kier molecular flexibility index (Phi) is 10.0. The smallest absolute Gasteiger partial charge is 0.361 e. The third-order valence-corrected chi connectivity index (χ3v) is 5.80. The van der Waals surface area contributed by atoms with E-state index in [1.54, 1.807) is 24.3 Å². The first kappa shape index (κ1) is 30.3. The van der Waals surface area contributed by atoms with Gasteiger partial charge in [-0.3, -0.25) is 0 Å². The van der Waals surface area contributed by atoms with E-state index in [-0.39, 0.29) is 5.56 Å². The van der Waals surface area contributed by atoms with Gasteiger partial charge in [-0.2, -0.15) is 0 Å². The SMILES string of the molecule is CN(C)c1ccc(-c2cc(C=Cc3ccc(C(=O)O)cc3)[o+]c(-c3ccc(N(C)C)cc3)c2)cc1.[O-][Cl+3]([O-])([O-])[O-]. The maximum Gasteiger partial charge on any atom is 0.361 e. The summed E-state index contributed by atoms with van der Waals surface area (Å²) in [6.07, 6.45) is 3.83. The topological polar surface area (TPSA) is 147 Å². The lowest BCUT2D eigenvalue weighted by molar-refractivity contribution is -2.00. The zero-order valence-corrected chi connectivity index (χ0v) is 23.2. The van der Waals surface area contributed by atoms with E-state index in [9.17, 15) is 4.79 Å². The minimum atomic E-state index is -4.94. The second kappa shape index (κ2) is 13.2. The fourth-order valence-corrected chi connectivity index (χ4v) is 3.70. The number of anilines is 2. The number of halogens is 1. The molecule has 9 nitrogen and oxygen atoms in total. The highest BCUT2D eigenvalue weighted by Gasteiger charge is 2.18. The molecule has 0 unspecified atom stereocenters. The van der Waals surface area contributed by atoms with E-state index in [0.717, 1.165) is 39.4 Å². The standard InChI is InChI=1S/C30H28N2O3.ClHO4/c1-31(2)26-14-10-22(11-15-26)25-19-28(18-7-21-5-8-24(9-6-21)30(33)34)35-29(20-25)23-12-16-27(17-13-23)32(3)4;2-1(3,4)5/h5-20H,1-4H3;(H,2,3,4,5). The van der Waals surface area contributed by atoms with Crippen LogP contribution < -0.4 is 28.4 Å². The molecule has 0 aliphatic carbocycles. The van der Waals surface area contributed by atoms with Crippen molar-refractivity contribution >= 4 is 29.5 Å². The van der Waals surface area contributed by atoms with Gasteiger partial charge in [-0.15, -0.1) is 10.2 Å². The van der Waals surface area contributed by atoms with Gasteiger partial charge in [-0.05, 0) is 65.7 Å². The summed E-state index contributed by atoms with van der Waals surface area (Å²) in [5, 5.41) is 9.12. The van der Waals surface area contributed by atoms with Gasteiger partial charge in [0.25, 0.3) is 0 Å². The van der Waals surface area contributed by atoms with E-state index in [2.05, 4.69) is 64.4 Å². The highest BCUT2D eigenvalue weighted by molar-refractivity contribution is 5.88. The minimum Gasteiger partial charge on any atom is -0.478 e. The Balaban J connectivity index is 0.000000810. The van der Waals surface area contributed by atoms with E-state index in [0.29, 0.717) is 5.76 Å². The fourth-order valence-electron chi connectivity index (χ4n) is 3.70. The number of benzene rings is 3. The first-order chi connectivity index (χ1) is 18.8. The number of carboxylic acid groups (broad SMARTS) is 1. The normalized spacial score (nSPS) is 11.1. The van der Waals surface area contributed by atoms with Crippen molar-refractivity contribution in [2.75, 3.05) is 38.0 Å². The third-order valence-electron chi connectivity index (χ3n) is 5.80. The van der Waals surface area contributed by atoms with Gasteiger partial charge in [0.1, 0.15) is 0 Å². The largest absolute Gasteiger partial charge is 0.478 e. The van der Waals surface area contributed by atoms with Crippen molar-refractivity contribution in [3.8, 4) is 22.5 Å². The molecule has 4 aromatic rings. The van der Waals surface area contributed by atoms with Crippen molar-refractivity contribution in [1.82, 2.24) is 0 Å². The van der Waals surface area contributed by atoms with Gasteiger partial charge in [0.05, 0.1) is 23.3 Å². The van der Waals surface area contributed by atoms with E-state index in [4.69, 9.17) is 28.2 Å². The number of nitrogens with zero attached hydrogens (tertiary/aromatic N) is 2. The van der Waals surface area contributed by atoms with Crippen molar-refractivity contribution in [3.05, 3.63) is 102 Å². The first-order valence-electron chi connectivity index (χ1n) is 12.0. The second-order valence-corrected chi connectivity index (χ2v) is 9.89. The summed E-state index contributed by atoms with van der Waals surface area (Å²) < 4.78 is 40.2. The Labute approximate surface area is 234 Å². The molecule has 0 amide bonds. The van der Waals surface area contributed by atoms with Gasteiger partial charge in [-0.1, -0.05) is 24.3 Å². The molecule has 0 spiro atoms. The summed E-state index contributed by atoms with van der Waals surface area (Å²) in [6, 6.07) is 27.5. The summed E-state index contributed by atoms with van der Waals surface area (Å²) in [6.45, 7) is 0. The zero-order valence-electron chi connectivity index (χ0n) is 22.4. The summed E-state index contributed by atoms with van der Waals surface area (Å²) in [7, 11) is 3.14. The van der Waals surface area contributed by atoms with Gasteiger partial charge in [0, 0.05) is 51.2 Å². The molecule has 0 saturated carbocycles. The monoisotopic (exact) mass is 564 g/mol. The number of hydrogen-bond donors (Lipinski definition) is 1. The quantitative estimate of drug-likeness (QED) is 0.333. The van der Waals surface area contributed by atoms with Gasteiger partial charge in [-0.25, -0.2) is 27.8 Å². The predicted octanol–water partition coefficient (Wildman–Crippen LogP) is 2.14. The molecule has 208 valence electrons. The molecular formula is C30H29ClN2O7. The van der Waals surface area contributed by atoms with Crippen LogP contribution >= 0.6 is 0 Å². The third kappa shape index (κ3) is 9.19. The van der Waals surface area contributed by atoms with Crippen molar-refractivity contribution in [1.29, 1.82) is 0 Å². The Morgan fingerprint density at radius 2 is 1.18 bits per heavy atom. The molecule has 40 heavy (non-hydrogen) atoms. The lowest BCUT2D eigenvalue weighted by atomic mass is 10.0. The van der Waals surface area contributed by atoms with Crippen LogP contribution in [-0.2, 0) is 0 Å². The molecule has 0 aliphatic heterocycles. The van der Waals surface area contributed by atoms with Crippen molar-refractivity contribution in [3.63, 3.8) is 0 Å². The van der Waals surface area contributed by atoms with Gasteiger partial charge in [0.15, 0.2) is 0 Å². The number of hydrogen-bond acceptors (Lipinski definition) is 7. The molecule has 1 heterocycles. The summed E-state index contributed by atoms with van der Waals surface area (Å²) in [5.41, 5.74) is 6.55. The van der Waals surface area contributed by atoms with Crippen LogP contribution in [0.2, 0.25) is 0 Å². The number of carboxylic acids is 1. The number of carbonyl (C=O) groups is 1. The van der Waals surface area contributed by atoms with Gasteiger partial charge >= 0.3 is 17.5 Å². The van der Waals surface area contributed by atoms with Crippen molar-refractivity contribution in [2.24, 2.45) is 0 Å². The van der Waals surface area contributed by atoms with Crippen LogP contribution in [-0.4, -0.2) is 39.3 Å². The van der Waals surface area contributed by atoms with Crippen LogP contribution in [0.3, 0.4) is 0 Å². The highest BCUT2D eigenvalue weighted by Crippen LogP contribution is 2.31. The van der Waals surface area contributed by atoms with Crippen molar-refractivity contribution < 1.29 is 43.2 Å². The molecule has 10 heteroatoms. The Bertz CT molecular complexity index is 1370. The molecule has 1 aromatic heterocycles. The van der Waals surface area contributed by atoms with Crippen LogP contribution in [0.5, 0.6) is 0 Å². The fraction of sp³-hybridized carbons (Fsp3) is 0.133. The first-order valence-corrected chi connectivity index (χ1v) is 13.2. The minimum absolute atomic E-state index is 0.262. The summed E-state index contributed by atoms with van der Waals surface area (Å²) in [4.78, 5) is 15.3. The summed E-state index contributed by atoms with van der Waals surface area (Å²) >= 11 is 0. The van der Waals surface area contributed by atoms with Crippen LogP contribution in [0.25, 0.3) is 34.6 Å². The lowest BCUT2D eigenvalue weighted by Gasteiger charge is -2.17. The van der Waals surface area contributed by atoms with Gasteiger partial charge < -0.3 is 14.9 Å². The lowest BCUT2D eigenvalue weighted by Crippen LogP contribution is -2.68. The van der Waals surface area contributed by atoms with Gasteiger partial charge in [0.2, 0.25) is 0 Å².